The van der Waals surface area contributed by atoms with Crippen molar-refractivity contribution in [3.63, 3.8) is 0 Å². The summed E-state index contributed by atoms with van der Waals surface area (Å²) in [6.07, 6.45) is 0.322. The number of carbonyl (C=O) groups excluding carboxylic acids is 4. The number of hydrogen-bond donors (Lipinski definition) is 6. The number of aryl methyl sites for hydroxylation is 5. The van der Waals surface area contributed by atoms with Gasteiger partial charge in [0.25, 0.3) is 11.8 Å². The van der Waals surface area contributed by atoms with Crippen molar-refractivity contribution in [2.45, 2.75) is 73.8 Å². The molecule has 0 unspecified atom stereocenters. The van der Waals surface area contributed by atoms with E-state index in [1.807, 2.05) is 198 Å². The van der Waals surface area contributed by atoms with Crippen LogP contribution in [0.4, 0.5) is 27.5 Å². The summed E-state index contributed by atoms with van der Waals surface area (Å²) in [6, 6.07) is 87.1. The number of nitrogens with zero attached hydrogens (tertiary/aromatic N) is 11. The summed E-state index contributed by atoms with van der Waals surface area (Å²) in [7, 11) is 8.12. The van der Waals surface area contributed by atoms with Gasteiger partial charge in [0.15, 0.2) is 11.5 Å². The number of nitriles is 5. The number of rotatable bonds is 26. The number of nitrogen functional groups attached to an aromatic ring is 1. The van der Waals surface area contributed by atoms with E-state index >= 15 is 0 Å². The van der Waals surface area contributed by atoms with Gasteiger partial charge >= 0.3 is 6.09 Å². The van der Waals surface area contributed by atoms with Gasteiger partial charge in [-0.25, -0.2) is 4.79 Å². The lowest BCUT2D eigenvalue weighted by Gasteiger charge is -2.26. The predicted octanol–water partition coefficient (Wildman–Crippen LogP) is 23.3. The number of alkyl halides is 1. The van der Waals surface area contributed by atoms with Crippen molar-refractivity contribution in [1.29, 1.82) is 26.3 Å². The molecular weight excluding hydrogens is 1940 g/mol. The van der Waals surface area contributed by atoms with E-state index in [9.17, 15) is 50.6 Å². The van der Waals surface area contributed by atoms with Crippen LogP contribution < -0.4 is 64.9 Å². The van der Waals surface area contributed by atoms with E-state index in [1.165, 1.54) is 0 Å². The van der Waals surface area contributed by atoms with Gasteiger partial charge in [0.05, 0.1) is 138 Å². The average molecular weight is 2050 g/mol. The molecular formula is C115H106BrClN16O14. The highest BCUT2D eigenvalue weighted by molar-refractivity contribution is 9.10. The van der Waals surface area contributed by atoms with Gasteiger partial charge in [0.1, 0.15) is 76.5 Å². The SMILES string of the molecule is CCn1c(-c2ccc(NC(=O)Oc3ccc(Br)cc3)cc2)c(C#N)c2ccc(OC)cc21.CCn1c(-c2ccc(O)c(N)c2)c(C#N)c2ccc(OC)cc21.CCn1c(-c2cccc(C(=O)NCCCN3CCOCC3)c2)c(C#N)c2ccc(OC)cc21.CCn1c(-c2cccc(NC(=O)CCl)c2)c(C#N)c2ccc(OC)cc21.CCn1c(-c2cccc(NC(=O)c3ccc4c(c3)OCO4)c2)c(C#N)c2ccc(OC)cc21. The van der Waals surface area contributed by atoms with Crippen molar-refractivity contribution in [2.24, 2.45) is 0 Å². The minimum atomic E-state index is -0.576. The van der Waals surface area contributed by atoms with Crippen molar-refractivity contribution in [3.8, 4) is 138 Å². The lowest BCUT2D eigenvalue weighted by Crippen LogP contribution is -2.38. The Labute approximate surface area is 863 Å². The lowest BCUT2D eigenvalue weighted by molar-refractivity contribution is -0.113. The van der Waals surface area contributed by atoms with Gasteiger partial charge in [0, 0.05) is 165 Å². The third kappa shape index (κ3) is 22.7. The highest BCUT2D eigenvalue weighted by Crippen LogP contribution is 2.44. The van der Waals surface area contributed by atoms with Crippen molar-refractivity contribution < 1.29 is 66.9 Å². The highest BCUT2D eigenvalue weighted by atomic mass is 79.9. The first kappa shape index (κ1) is 104. The second-order valence-corrected chi connectivity index (χ2v) is 34.8. The molecule has 12 aromatic carbocycles. The first-order valence-corrected chi connectivity index (χ1v) is 48.8. The number of ether oxygens (including phenoxy) is 9. The van der Waals surface area contributed by atoms with E-state index in [-0.39, 0.29) is 41.8 Å². The Morgan fingerprint density at radius 3 is 1.20 bits per heavy atom. The Kier molecular flexibility index (Phi) is 33.8. The third-order valence-electron chi connectivity index (χ3n) is 25.2. The topological polar surface area (TPSA) is 393 Å². The molecule has 0 radical (unpaired) electrons. The summed E-state index contributed by atoms with van der Waals surface area (Å²) in [4.78, 5) is 51.8. The van der Waals surface area contributed by atoms with E-state index in [1.54, 1.807) is 114 Å². The number of methoxy groups -OCH3 is 5. The molecule has 7 N–H and O–H groups in total. The Morgan fingerprint density at radius 2 is 0.789 bits per heavy atom. The predicted molar refractivity (Wildman–Crippen MR) is 576 cm³/mol. The maximum absolute atomic E-state index is 12.8. The van der Waals surface area contributed by atoms with Crippen molar-refractivity contribution in [1.82, 2.24) is 33.1 Å². The summed E-state index contributed by atoms with van der Waals surface area (Å²) in [6.45, 7) is 18.8. The third-order valence-corrected chi connectivity index (χ3v) is 26.0. The molecule has 0 bridgehead atoms. The van der Waals surface area contributed by atoms with E-state index in [0.29, 0.717) is 113 Å². The maximum atomic E-state index is 12.8. The van der Waals surface area contributed by atoms with Crippen LogP contribution in [0.1, 0.15) is 89.6 Å². The summed E-state index contributed by atoms with van der Waals surface area (Å²) >= 11 is 8.91. The molecule has 4 amide bonds. The van der Waals surface area contributed by atoms with Gasteiger partial charge in [-0.2, -0.15) is 26.3 Å². The Hall–Kier alpha value is -17.6. The number of morpholine rings is 1. The lowest BCUT2D eigenvalue weighted by atomic mass is 10.0. The van der Waals surface area contributed by atoms with Crippen molar-refractivity contribution >= 4 is 129 Å². The fourth-order valence-corrected chi connectivity index (χ4v) is 18.7. The van der Waals surface area contributed by atoms with Gasteiger partial charge in [-0.05, 0) is 223 Å². The summed E-state index contributed by atoms with van der Waals surface area (Å²) in [5.41, 5.74) is 25.0. The number of amides is 4. The zero-order chi connectivity index (χ0) is 104. The van der Waals surface area contributed by atoms with Crippen LogP contribution >= 0.6 is 27.5 Å². The van der Waals surface area contributed by atoms with Gasteiger partial charge in [-0.1, -0.05) is 64.5 Å². The molecule has 0 saturated carbocycles. The number of aromatic nitrogens is 5. The molecule has 0 atom stereocenters. The Balaban J connectivity index is 0.000000139. The molecule has 5 aromatic heterocycles. The zero-order valence-electron chi connectivity index (χ0n) is 82.6. The normalized spacial score (nSPS) is 11.7. The largest absolute Gasteiger partial charge is 0.506 e. The van der Waals surface area contributed by atoms with Crippen LogP contribution in [-0.2, 0) is 42.3 Å². The van der Waals surface area contributed by atoms with Crippen LogP contribution in [0.15, 0.2) is 253 Å². The minimum Gasteiger partial charge on any atom is -0.506 e. The minimum absolute atomic E-state index is 0.0353. The Morgan fingerprint density at radius 1 is 0.408 bits per heavy atom. The molecule has 7 heterocycles. The quantitative estimate of drug-likeness (QED) is 0.0127. The number of phenolic OH excluding ortho intramolecular Hbond substituents is 1. The fourth-order valence-electron chi connectivity index (χ4n) is 18.3. The fraction of sp³-hybridized carbons (Fsp3) is 0.209. The first-order valence-electron chi connectivity index (χ1n) is 47.5. The summed E-state index contributed by atoms with van der Waals surface area (Å²) < 4.78 is 59.4. The number of fused-ring (bicyclic) bond motifs is 6. The van der Waals surface area contributed by atoms with E-state index in [2.05, 4.69) is 102 Å². The number of carbonyl (C=O) groups is 4. The van der Waals surface area contributed by atoms with Crippen LogP contribution in [0.5, 0.6) is 51.7 Å². The van der Waals surface area contributed by atoms with E-state index < -0.39 is 6.09 Å². The number of aromatic hydroxyl groups is 1. The molecule has 2 aliphatic heterocycles. The van der Waals surface area contributed by atoms with E-state index in [0.717, 1.165) is 183 Å². The van der Waals surface area contributed by atoms with Crippen molar-refractivity contribution in [2.75, 3.05) is 109 Å². The molecule has 147 heavy (non-hydrogen) atoms. The molecule has 19 rings (SSSR count). The molecule has 30 nitrogen and oxygen atoms in total. The second-order valence-electron chi connectivity index (χ2n) is 33.6. The van der Waals surface area contributed by atoms with Gasteiger partial charge in [-0.3, -0.25) is 24.6 Å². The number of halogens is 2. The number of nitrogens with two attached hydrogens (primary N) is 1. The average Bonchev–Trinajstić information content (AvgIpc) is 1.67. The standard InChI is InChI=1S/C26H30N4O3.C26H21N3O4.C25H20BrN3O3.C20H18ClN3O2.C18H17N3O2/c1-3-30-24-17-21(32-2)8-9-22(24)23(18-27)25(30)19-6-4-7-20(16-19)26(31)28-10-5-11-29-12-14-33-15-13-29;1-3-29-22-13-19(31-2)8-9-20(22)21(14-27)25(29)16-5-4-6-18(11-16)28-26(30)17-7-10-23-24(12-17)33-15-32-23;1-3-29-23-14-20(31-2)12-13-21(23)22(15-27)24(29)16-4-8-18(9-5-16)28-25(30)32-19-10-6-17(26)7-11-19;1-3-24-18-10-15(26-2)7-8-16(18)17(12-22)20(24)13-5-4-6-14(9-13)23-19(25)11-21;1-3-21-16-9-12(23-2)5-6-13(16)14(10-19)18(21)11-4-7-17(22)15(20)8-11/h4,6-9,16-17H,3,5,10-15H2,1-2H3,(H,28,31);4-13H,3,15H2,1-2H3,(H,28,30);4-14H,3H2,1-2H3,(H,28,30);4-10H,3,11H2,1-2H3,(H,23,25);4-9,22H,3,20H2,1-2H3. The van der Waals surface area contributed by atoms with Crippen LogP contribution in [-0.4, -0.2) is 144 Å². The number of anilines is 4. The number of benzene rings is 12. The number of phenols is 1. The number of hydrogen-bond acceptors (Lipinski definition) is 21. The number of nitrogens with one attached hydrogen (secondary N) is 4. The molecule has 0 aliphatic carbocycles. The van der Waals surface area contributed by atoms with Crippen LogP contribution in [0.25, 0.3) is 111 Å². The zero-order valence-corrected chi connectivity index (χ0v) is 84.9. The molecule has 1 fully saturated rings. The molecule has 744 valence electrons. The van der Waals surface area contributed by atoms with Gasteiger partial charge in [-0.15, -0.1) is 11.6 Å². The highest BCUT2D eigenvalue weighted by Gasteiger charge is 2.28. The van der Waals surface area contributed by atoms with Crippen LogP contribution in [0.2, 0.25) is 0 Å². The summed E-state index contributed by atoms with van der Waals surface area (Å²) in [5, 5.41) is 74.7. The monoisotopic (exact) mass is 2050 g/mol. The van der Waals surface area contributed by atoms with Crippen LogP contribution in [0.3, 0.4) is 0 Å². The molecule has 17 aromatic rings. The second kappa shape index (κ2) is 48.0. The maximum Gasteiger partial charge on any atom is 0.417 e. The molecule has 32 heteroatoms. The van der Waals surface area contributed by atoms with Gasteiger partial charge < -0.3 is 92.3 Å². The van der Waals surface area contributed by atoms with Crippen molar-refractivity contribution in [3.05, 3.63) is 292 Å². The smallest absolute Gasteiger partial charge is 0.417 e. The molecule has 2 aliphatic rings. The summed E-state index contributed by atoms with van der Waals surface area (Å²) in [5.74, 6) is 4.63. The molecule has 0 spiro atoms. The first-order chi connectivity index (χ1) is 71.5. The molecule has 1 saturated heterocycles. The van der Waals surface area contributed by atoms with Crippen LogP contribution in [0, 0.1) is 56.7 Å². The van der Waals surface area contributed by atoms with E-state index in [4.69, 9.17) is 60.0 Å². The Bertz CT molecular complexity index is 8040. The van der Waals surface area contributed by atoms with Gasteiger partial charge in [0.2, 0.25) is 12.7 Å².